The molecule has 0 aliphatic heterocycles. The molecule has 0 aromatic carbocycles. The van der Waals surface area contributed by atoms with E-state index in [1.54, 1.807) is 6.92 Å². The van der Waals surface area contributed by atoms with E-state index in [9.17, 15) is 4.79 Å². The van der Waals surface area contributed by atoms with Crippen LogP contribution in [0.1, 0.15) is 35.6 Å². The molecule has 1 aromatic rings. The van der Waals surface area contributed by atoms with Crippen LogP contribution in [0.4, 0.5) is 5.13 Å². The first-order valence-corrected chi connectivity index (χ1v) is 7.56. The molecule has 96 valence electrons. The summed E-state index contributed by atoms with van der Waals surface area (Å²) in [6.07, 6.45) is 1.06. The third-order valence-electron chi connectivity index (χ3n) is 2.26. The highest BCUT2D eigenvalue weighted by Gasteiger charge is 2.14. The van der Waals surface area contributed by atoms with E-state index in [0.29, 0.717) is 21.7 Å². The summed E-state index contributed by atoms with van der Waals surface area (Å²) in [7, 11) is 0. The van der Waals surface area contributed by atoms with E-state index in [1.807, 2.05) is 11.8 Å². The van der Waals surface area contributed by atoms with E-state index in [1.165, 1.54) is 11.3 Å². The zero-order chi connectivity index (χ0) is 12.8. The van der Waals surface area contributed by atoms with Crippen LogP contribution >= 0.6 is 23.1 Å². The van der Waals surface area contributed by atoms with Gasteiger partial charge in [0.1, 0.15) is 4.88 Å². The van der Waals surface area contributed by atoms with Crippen LogP contribution in [0.5, 0.6) is 0 Å². The predicted octanol–water partition coefficient (Wildman–Crippen LogP) is 3.09. The van der Waals surface area contributed by atoms with Gasteiger partial charge < -0.3 is 10.4 Å². The molecule has 0 bridgehead atoms. The van der Waals surface area contributed by atoms with Gasteiger partial charge in [-0.05, 0) is 31.8 Å². The zero-order valence-corrected chi connectivity index (χ0v) is 12.0. The van der Waals surface area contributed by atoms with Crippen LogP contribution in [0.3, 0.4) is 0 Å². The van der Waals surface area contributed by atoms with Crippen LogP contribution in [0.15, 0.2) is 0 Å². The largest absolute Gasteiger partial charge is 0.477 e. The van der Waals surface area contributed by atoms with Gasteiger partial charge in [-0.2, -0.15) is 11.8 Å². The summed E-state index contributed by atoms with van der Waals surface area (Å²) in [4.78, 5) is 15.4. The van der Waals surface area contributed by atoms with Crippen molar-refractivity contribution in [1.82, 2.24) is 4.98 Å². The van der Waals surface area contributed by atoms with Crippen molar-refractivity contribution in [2.24, 2.45) is 0 Å². The van der Waals surface area contributed by atoms with Gasteiger partial charge in [0.25, 0.3) is 0 Å². The third kappa shape index (κ3) is 4.55. The van der Waals surface area contributed by atoms with Crippen molar-refractivity contribution in [1.29, 1.82) is 0 Å². The van der Waals surface area contributed by atoms with Gasteiger partial charge in [0, 0.05) is 6.04 Å². The van der Waals surface area contributed by atoms with Crippen LogP contribution in [-0.4, -0.2) is 33.6 Å². The number of thioether (sulfide) groups is 1. The molecular formula is C11H18N2O2S2. The second-order valence-corrected chi connectivity index (χ2v) is 6.16. The Morgan fingerprint density at radius 1 is 1.65 bits per heavy atom. The Balaban J connectivity index is 2.51. The lowest BCUT2D eigenvalue weighted by Crippen LogP contribution is -2.15. The summed E-state index contributed by atoms with van der Waals surface area (Å²) in [6, 6.07) is 0.321. The molecule has 4 nitrogen and oxygen atoms in total. The average Bonchev–Trinajstić information content (AvgIpc) is 2.60. The number of hydrogen-bond donors (Lipinski definition) is 2. The Bertz CT molecular complexity index is 380. The van der Waals surface area contributed by atoms with Crippen molar-refractivity contribution < 1.29 is 9.90 Å². The van der Waals surface area contributed by atoms with E-state index >= 15 is 0 Å². The first-order chi connectivity index (χ1) is 8.04. The minimum Gasteiger partial charge on any atom is -0.477 e. The van der Waals surface area contributed by atoms with Gasteiger partial charge in [-0.25, -0.2) is 9.78 Å². The standard InChI is InChI=1S/C11H18N2O2S2/c1-4-16-6-5-7(2)12-11-13-8(3)9(17-11)10(14)15/h7H,4-6H2,1-3H3,(H,12,13)(H,14,15). The molecule has 1 atom stereocenters. The monoisotopic (exact) mass is 274 g/mol. The third-order valence-corrected chi connectivity index (χ3v) is 4.27. The fraction of sp³-hybridized carbons (Fsp3) is 0.636. The van der Waals surface area contributed by atoms with Crippen LogP contribution in [0.2, 0.25) is 0 Å². The zero-order valence-electron chi connectivity index (χ0n) is 10.3. The first kappa shape index (κ1) is 14.3. The summed E-state index contributed by atoms with van der Waals surface area (Å²) in [6.45, 7) is 5.96. The van der Waals surface area contributed by atoms with Crippen molar-refractivity contribution in [3.63, 3.8) is 0 Å². The van der Waals surface area contributed by atoms with E-state index in [0.717, 1.165) is 17.9 Å². The first-order valence-electron chi connectivity index (χ1n) is 5.59. The lowest BCUT2D eigenvalue weighted by molar-refractivity contribution is 0.0701. The maximum absolute atomic E-state index is 10.9. The Labute approximate surface area is 110 Å². The Morgan fingerprint density at radius 2 is 2.35 bits per heavy atom. The molecule has 0 radical (unpaired) electrons. The molecule has 0 aliphatic carbocycles. The number of aromatic nitrogens is 1. The van der Waals surface area contributed by atoms with Gasteiger partial charge in [0.15, 0.2) is 5.13 Å². The Hall–Kier alpha value is -0.750. The van der Waals surface area contributed by atoms with Gasteiger partial charge in [-0.1, -0.05) is 18.3 Å². The highest BCUT2D eigenvalue weighted by Crippen LogP contribution is 2.23. The normalized spacial score (nSPS) is 12.4. The number of nitrogens with one attached hydrogen (secondary N) is 1. The van der Waals surface area contributed by atoms with E-state index in [-0.39, 0.29) is 0 Å². The van der Waals surface area contributed by atoms with Gasteiger partial charge in [-0.3, -0.25) is 0 Å². The SMILES string of the molecule is CCSCCC(C)Nc1nc(C)c(C(=O)O)s1. The Kier molecular flexibility index (Phi) is 5.77. The molecule has 1 aromatic heterocycles. The fourth-order valence-electron chi connectivity index (χ4n) is 1.34. The molecule has 0 aliphatic rings. The van der Waals surface area contributed by atoms with Gasteiger partial charge in [0.2, 0.25) is 0 Å². The van der Waals surface area contributed by atoms with Crippen molar-refractivity contribution in [3.8, 4) is 0 Å². The number of thiazole rings is 1. The van der Waals surface area contributed by atoms with E-state index in [2.05, 4.69) is 24.1 Å². The number of aromatic carboxylic acids is 1. The topological polar surface area (TPSA) is 62.2 Å². The van der Waals surface area contributed by atoms with Gasteiger partial charge in [-0.15, -0.1) is 0 Å². The molecule has 2 N–H and O–H groups in total. The molecule has 0 saturated heterocycles. The highest BCUT2D eigenvalue weighted by atomic mass is 32.2. The smallest absolute Gasteiger partial charge is 0.347 e. The summed E-state index contributed by atoms with van der Waals surface area (Å²) in [5, 5.41) is 12.9. The lowest BCUT2D eigenvalue weighted by Gasteiger charge is -2.11. The molecule has 0 spiro atoms. The number of rotatable bonds is 7. The van der Waals surface area contributed by atoms with Crippen molar-refractivity contribution >= 4 is 34.2 Å². The van der Waals surface area contributed by atoms with Crippen LogP contribution in [-0.2, 0) is 0 Å². The number of nitrogens with zero attached hydrogens (tertiary/aromatic N) is 1. The molecule has 6 heteroatoms. The summed E-state index contributed by atoms with van der Waals surface area (Å²) in [5.41, 5.74) is 0.583. The Morgan fingerprint density at radius 3 is 2.88 bits per heavy atom. The van der Waals surface area contributed by atoms with Crippen LogP contribution in [0.25, 0.3) is 0 Å². The van der Waals surface area contributed by atoms with Crippen molar-refractivity contribution in [2.75, 3.05) is 16.8 Å². The highest BCUT2D eigenvalue weighted by molar-refractivity contribution is 7.99. The second kappa shape index (κ2) is 6.86. The molecule has 1 heterocycles. The van der Waals surface area contributed by atoms with Gasteiger partial charge in [0.05, 0.1) is 5.69 Å². The number of anilines is 1. The van der Waals surface area contributed by atoms with Gasteiger partial charge >= 0.3 is 5.97 Å². The van der Waals surface area contributed by atoms with Crippen LogP contribution < -0.4 is 5.32 Å². The molecule has 0 saturated carbocycles. The minimum atomic E-state index is -0.901. The lowest BCUT2D eigenvalue weighted by atomic mass is 10.3. The number of carbonyl (C=O) groups is 1. The van der Waals surface area contributed by atoms with E-state index in [4.69, 9.17) is 5.11 Å². The number of hydrogen-bond acceptors (Lipinski definition) is 5. The molecule has 0 amide bonds. The maximum atomic E-state index is 10.9. The molecule has 0 fully saturated rings. The van der Waals surface area contributed by atoms with Crippen molar-refractivity contribution in [2.45, 2.75) is 33.2 Å². The maximum Gasteiger partial charge on any atom is 0.347 e. The summed E-state index contributed by atoms with van der Waals surface area (Å²) < 4.78 is 0. The molecule has 1 unspecified atom stereocenters. The van der Waals surface area contributed by atoms with E-state index < -0.39 is 5.97 Å². The predicted molar refractivity (Wildman–Crippen MR) is 74.5 cm³/mol. The minimum absolute atomic E-state index is 0.321. The fourth-order valence-corrected chi connectivity index (χ4v) is 3.07. The average molecular weight is 274 g/mol. The summed E-state index contributed by atoms with van der Waals surface area (Å²) in [5.74, 6) is 1.34. The van der Waals surface area contributed by atoms with Crippen molar-refractivity contribution in [3.05, 3.63) is 10.6 Å². The quantitative estimate of drug-likeness (QED) is 0.748. The number of aryl methyl sites for hydroxylation is 1. The second-order valence-electron chi connectivity index (χ2n) is 3.77. The number of carboxylic acids is 1. The number of carboxylic acid groups (broad SMARTS) is 1. The molecular weight excluding hydrogens is 256 g/mol. The summed E-state index contributed by atoms with van der Waals surface area (Å²) >= 11 is 3.12. The molecule has 17 heavy (non-hydrogen) atoms. The van der Waals surface area contributed by atoms with Crippen LogP contribution in [0, 0.1) is 6.92 Å². The molecule has 1 rings (SSSR count).